The second kappa shape index (κ2) is 5.91. The Balaban J connectivity index is 2.59. The average Bonchev–Trinajstić information content (AvgIpc) is 2.42. The monoisotopic (exact) mass is 276 g/mol. The van der Waals surface area contributed by atoms with E-state index in [1.165, 1.54) is 55.2 Å². The second-order valence-corrected chi connectivity index (χ2v) is 6.65. The van der Waals surface area contributed by atoms with Gasteiger partial charge in [-0.05, 0) is 0 Å². The molecule has 0 saturated heterocycles. The summed E-state index contributed by atoms with van der Waals surface area (Å²) in [5.41, 5.74) is 14.5. The van der Waals surface area contributed by atoms with Gasteiger partial charge in [-0.15, -0.1) is 0 Å². The summed E-state index contributed by atoms with van der Waals surface area (Å²) < 4.78 is 0. The molecule has 2 aromatic heterocycles. The summed E-state index contributed by atoms with van der Waals surface area (Å²) in [6, 6.07) is 0. The molecule has 2 rings (SSSR count). The SMILES string of the molecule is Cc1bc(C)c(Cc2c(C)bc(C)c(C)c2C)c(C)c1C. The van der Waals surface area contributed by atoms with E-state index in [4.69, 9.17) is 0 Å². The second-order valence-electron chi connectivity index (χ2n) is 6.65. The van der Waals surface area contributed by atoms with Crippen molar-refractivity contribution in [2.45, 2.75) is 61.8 Å². The van der Waals surface area contributed by atoms with Gasteiger partial charge in [-0.25, -0.2) is 0 Å². The maximum atomic E-state index is 2.34. The number of hydrogen-bond donors (Lipinski definition) is 0. The summed E-state index contributed by atoms with van der Waals surface area (Å²) in [5.74, 6) is 0. The number of aryl methyl sites for hydroxylation is 4. The Morgan fingerprint density at radius 1 is 0.476 bits per heavy atom. The predicted molar refractivity (Wildman–Crippen MR) is 96.3 cm³/mol. The molecule has 0 bridgehead atoms. The third-order valence-electron chi connectivity index (χ3n) is 5.38. The van der Waals surface area contributed by atoms with E-state index in [2.05, 4.69) is 69.2 Å². The predicted octanol–water partition coefficient (Wildman–Crippen LogP) is 4.42. The molecule has 0 N–H and O–H groups in total. The van der Waals surface area contributed by atoms with Crippen molar-refractivity contribution in [1.29, 1.82) is 0 Å². The molecule has 0 unspecified atom stereocenters. The van der Waals surface area contributed by atoms with Gasteiger partial charge in [-0.3, -0.25) is 0 Å². The fourth-order valence-corrected chi connectivity index (χ4v) is 3.40. The molecule has 0 fully saturated rings. The molecule has 2 heterocycles. The van der Waals surface area contributed by atoms with Crippen LogP contribution >= 0.6 is 0 Å². The Bertz CT molecular complexity index is 651. The molecule has 0 aliphatic carbocycles. The van der Waals surface area contributed by atoms with Gasteiger partial charge in [0.2, 0.25) is 0 Å². The normalized spacial score (nSPS) is 10.7. The van der Waals surface area contributed by atoms with E-state index < -0.39 is 0 Å². The summed E-state index contributed by atoms with van der Waals surface area (Å²) in [6.07, 6.45) is 1.05. The van der Waals surface area contributed by atoms with E-state index in [0.717, 1.165) is 6.42 Å². The van der Waals surface area contributed by atoms with Gasteiger partial charge in [-0.2, -0.15) is 0 Å². The molecule has 0 spiro atoms. The Hall–Kier alpha value is -1.17. The average molecular weight is 276 g/mol. The van der Waals surface area contributed by atoms with E-state index in [0.29, 0.717) is 0 Å². The van der Waals surface area contributed by atoms with Crippen LogP contribution < -0.4 is 0 Å². The summed E-state index contributed by atoms with van der Waals surface area (Å²) in [6.45, 7) is 22.6. The van der Waals surface area contributed by atoms with Crippen LogP contribution in [0.15, 0.2) is 0 Å². The van der Waals surface area contributed by atoms with Gasteiger partial charge in [0.05, 0.1) is 0 Å². The zero-order chi connectivity index (χ0) is 15.9. The third-order valence-corrected chi connectivity index (χ3v) is 5.38. The first-order valence-corrected chi connectivity index (χ1v) is 7.86. The van der Waals surface area contributed by atoms with Crippen LogP contribution in [-0.4, -0.2) is 13.8 Å². The first kappa shape index (κ1) is 16.2. The van der Waals surface area contributed by atoms with Crippen LogP contribution in [0, 0.1) is 55.4 Å². The molecule has 2 aromatic rings. The van der Waals surface area contributed by atoms with Crippen molar-refractivity contribution in [3.63, 3.8) is 0 Å². The zero-order valence-corrected chi connectivity index (χ0v) is 14.9. The fourth-order valence-electron chi connectivity index (χ4n) is 3.40. The standard InChI is InChI=1S/C19H26B2/c1-10-12(3)18(16(7)20-14(10)5)9-19-13(4)11(2)15(6)21-17(19)8/h9H2,1-8H3. The van der Waals surface area contributed by atoms with Crippen molar-refractivity contribution < 1.29 is 0 Å². The molecule has 21 heavy (non-hydrogen) atoms. The summed E-state index contributed by atoms with van der Waals surface area (Å²) >= 11 is 0. The van der Waals surface area contributed by atoms with E-state index in [1.54, 1.807) is 0 Å². The summed E-state index contributed by atoms with van der Waals surface area (Å²) in [5, 5.41) is 0. The molecule has 0 nitrogen and oxygen atoms in total. The Kier molecular flexibility index (Phi) is 4.56. The molecule has 0 aliphatic heterocycles. The van der Waals surface area contributed by atoms with Crippen LogP contribution in [0.25, 0.3) is 0 Å². The van der Waals surface area contributed by atoms with Crippen molar-refractivity contribution in [1.82, 2.24) is 0 Å². The molecular weight excluding hydrogens is 250 g/mol. The van der Waals surface area contributed by atoms with Crippen LogP contribution in [0.5, 0.6) is 0 Å². The molecule has 2 heteroatoms. The molecule has 108 valence electrons. The number of hydrogen-bond acceptors (Lipinski definition) is 0. The van der Waals surface area contributed by atoms with E-state index in [-0.39, 0.29) is 0 Å². The molecule has 0 radical (unpaired) electrons. The Morgan fingerprint density at radius 3 is 1.14 bits per heavy atom. The van der Waals surface area contributed by atoms with Crippen molar-refractivity contribution >= 4 is 13.8 Å². The van der Waals surface area contributed by atoms with Gasteiger partial charge in [-0.1, -0.05) is 0 Å². The minimum absolute atomic E-state index is 1.05. The van der Waals surface area contributed by atoms with Gasteiger partial charge < -0.3 is 0 Å². The Morgan fingerprint density at radius 2 is 0.810 bits per heavy atom. The summed E-state index contributed by atoms with van der Waals surface area (Å²) in [7, 11) is 0. The summed E-state index contributed by atoms with van der Waals surface area (Å²) in [4.78, 5) is 0. The van der Waals surface area contributed by atoms with Gasteiger partial charge in [0.1, 0.15) is 0 Å². The van der Waals surface area contributed by atoms with Crippen LogP contribution in [0.3, 0.4) is 0 Å². The Labute approximate surface area is 131 Å². The quantitative estimate of drug-likeness (QED) is 0.761. The molecule has 0 atom stereocenters. The fraction of sp³-hybridized carbons (Fsp3) is 0.474. The first-order chi connectivity index (χ1) is 9.73. The van der Waals surface area contributed by atoms with Crippen LogP contribution in [-0.2, 0) is 6.42 Å². The van der Waals surface area contributed by atoms with Gasteiger partial charge in [0.15, 0.2) is 0 Å². The van der Waals surface area contributed by atoms with E-state index >= 15 is 0 Å². The van der Waals surface area contributed by atoms with Crippen molar-refractivity contribution in [2.75, 3.05) is 0 Å². The first-order valence-electron chi connectivity index (χ1n) is 7.86. The zero-order valence-electron chi connectivity index (χ0n) is 14.9. The van der Waals surface area contributed by atoms with Crippen molar-refractivity contribution in [2.24, 2.45) is 0 Å². The van der Waals surface area contributed by atoms with Crippen LogP contribution in [0.4, 0.5) is 0 Å². The van der Waals surface area contributed by atoms with Crippen molar-refractivity contribution in [3.05, 3.63) is 55.2 Å². The minimum atomic E-state index is 1.05. The van der Waals surface area contributed by atoms with Crippen LogP contribution in [0.2, 0.25) is 0 Å². The molecule has 0 aromatic carbocycles. The van der Waals surface area contributed by atoms with Gasteiger partial charge in [0.25, 0.3) is 0 Å². The molecular formula is C19H26B2. The van der Waals surface area contributed by atoms with Gasteiger partial charge >= 0.3 is 131 Å². The third kappa shape index (κ3) is 2.91. The van der Waals surface area contributed by atoms with E-state index in [1.807, 2.05) is 0 Å². The molecule has 0 amide bonds. The van der Waals surface area contributed by atoms with E-state index in [9.17, 15) is 0 Å². The maximum absolute atomic E-state index is 2.34. The molecule has 0 saturated carbocycles. The van der Waals surface area contributed by atoms with Crippen molar-refractivity contribution in [3.8, 4) is 0 Å². The van der Waals surface area contributed by atoms with Gasteiger partial charge in [0, 0.05) is 0 Å². The topological polar surface area (TPSA) is 0 Å². The number of rotatable bonds is 2. The van der Waals surface area contributed by atoms with Crippen LogP contribution in [0.1, 0.15) is 55.2 Å². The molecule has 0 aliphatic rings.